The maximum Gasteiger partial charge on any atom is 0.0474 e. The van der Waals surface area contributed by atoms with Gasteiger partial charge in [0, 0.05) is 12.6 Å². The third-order valence-corrected chi connectivity index (χ3v) is 2.52. The second-order valence-corrected chi connectivity index (χ2v) is 3.40. The Balaban J connectivity index is 2.42. The van der Waals surface area contributed by atoms with E-state index in [0.717, 1.165) is 0 Å². The third kappa shape index (κ3) is 1.50. The van der Waals surface area contributed by atoms with Crippen LogP contribution in [0.25, 0.3) is 0 Å². The first kappa shape index (κ1) is 8.02. The van der Waals surface area contributed by atoms with E-state index in [4.69, 9.17) is 5.11 Å². The molecule has 1 aliphatic rings. The van der Waals surface area contributed by atoms with Crippen molar-refractivity contribution < 1.29 is 5.11 Å². The molecule has 0 unspecified atom stereocenters. The van der Waals surface area contributed by atoms with Gasteiger partial charge in [-0.25, -0.2) is 0 Å². The van der Waals surface area contributed by atoms with Crippen LogP contribution >= 0.6 is 0 Å². The topological polar surface area (TPSA) is 23.5 Å². The first-order valence-electron chi connectivity index (χ1n) is 4.03. The molecule has 1 rings (SSSR count). The quantitative estimate of drug-likeness (QED) is 0.615. The van der Waals surface area contributed by atoms with Crippen LogP contribution in [-0.2, 0) is 0 Å². The van der Waals surface area contributed by atoms with Crippen LogP contribution in [-0.4, -0.2) is 36.8 Å². The van der Waals surface area contributed by atoms with Gasteiger partial charge in [-0.3, -0.25) is 0 Å². The summed E-state index contributed by atoms with van der Waals surface area (Å²) in [6, 6.07) is 0.630. The van der Waals surface area contributed by atoms with Crippen molar-refractivity contribution in [3.63, 3.8) is 0 Å². The van der Waals surface area contributed by atoms with Gasteiger partial charge in [-0.05, 0) is 32.9 Å². The molecule has 60 valence electrons. The van der Waals surface area contributed by atoms with E-state index in [0.29, 0.717) is 18.6 Å². The standard InChI is InChI=1S/C8H17NO/c1-9(2)8-5-3-4-7(8)6-10/h7-8,10H,3-6H2,1-2H3/t7-,8-/m1/s1. The van der Waals surface area contributed by atoms with E-state index in [1.165, 1.54) is 19.3 Å². The molecule has 2 nitrogen and oxygen atoms in total. The largest absolute Gasteiger partial charge is 0.396 e. The summed E-state index contributed by atoms with van der Waals surface area (Å²) in [5, 5.41) is 8.96. The van der Waals surface area contributed by atoms with Crippen LogP contribution < -0.4 is 0 Å². The lowest BCUT2D eigenvalue weighted by Gasteiger charge is -2.24. The minimum absolute atomic E-state index is 0.364. The van der Waals surface area contributed by atoms with Gasteiger partial charge in [-0.15, -0.1) is 0 Å². The van der Waals surface area contributed by atoms with E-state index in [1.54, 1.807) is 0 Å². The summed E-state index contributed by atoms with van der Waals surface area (Å²) in [6.45, 7) is 0.364. The summed E-state index contributed by atoms with van der Waals surface area (Å²) in [5.74, 6) is 0.537. The summed E-state index contributed by atoms with van der Waals surface area (Å²) in [6.07, 6.45) is 3.76. The monoisotopic (exact) mass is 143 g/mol. The van der Waals surface area contributed by atoms with E-state index in [9.17, 15) is 0 Å². The molecule has 0 bridgehead atoms. The molecule has 0 aromatic rings. The van der Waals surface area contributed by atoms with E-state index in [1.807, 2.05) is 0 Å². The first-order chi connectivity index (χ1) is 4.75. The molecule has 0 aromatic carbocycles. The molecule has 1 N–H and O–H groups in total. The summed E-state index contributed by atoms with van der Waals surface area (Å²) in [5.41, 5.74) is 0. The van der Waals surface area contributed by atoms with E-state index in [-0.39, 0.29) is 0 Å². The van der Waals surface area contributed by atoms with Gasteiger partial charge in [0.15, 0.2) is 0 Å². The normalized spacial score (nSPS) is 33.6. The van der Waals surface area contributed by atoms with Crippen molar-refractivity contribution in [1.29, 1.82) is 0 Å². The maximum atomic E-state index is 8.96. The maximum absolute atomic E-state index is 8.96. The molecule has 1 fully saturated rings. The van der Waals surface area contributed by atoms with Gasteiger partial charge in [-0.1, -0.05) is 6.42 Å². The second-order valence-electron chi connectivity index (χ2n) is 3.40. The Morgan fingerprint density at radius 3 is 2.50 bits per heavy atom. The third-order valence-electron chi connectivity index (χ3n) is 2.52. The Kier molecular flexibility index (Phi) is 2.69. The lowest BCUT2D eigenvalue weighted by atomic mass is 10.0. The number of aliphatic hydroxyl groups is 1. The molecule has 0 radical (unpaired) electrons. The van der Waals surface area contributed by atoms with Crippen molar-refractivity contribution in [2.45, 2.75) is 25.3 Å². The Labute approximate surface area is 62.8 Å². The van der Waals surface area contributed by atoms with Gasteiger partial charge in [0.2, 0.25) is 0 Å². The molecule has 0 aliphatic heterocycles. The van der Waals surface area contributed by atoms with Gasteiger partial charge in [0.1, 0.15) is 0 Å². The van der Waals surface area contributed by atoms with Crippen LogP contribution in [0.4, 0.5) is 0 Å². The minimum atomic E-state index is 0.364. The second kappa shape index (κ2) is 3.35. The molecule has 2 heteroatoms. The average molecular weight is 143 g/mol. The highest BCUT2D eigenvalue weighted by molar-refractivity contribution is 4.81. The Morgan fingerprint density at radius 2 is 2.10 bits per heavy atom. The smallest absolute Gasteiger partial charge is 0.0474 e. The molecular weight excluding hydrogens is 126 g/mol. The van der Waals surface area contributed by atoms with E-state index < -0.39 is 0 Å². The zero-order valence-electron chi connectivity index (χ0n) is 6.88. The highest BCUT2D eigenvalue weighted by Crippen LogP contribution is 2.27. The molecule has 0 saturated heterocycles. The van der Waals surface area contributed by atoms with Crippen molar-refractivity contribution in [1.82, 2.24) is 4.90 Å². The van der Waals surface area contributed by atoms with Gasteiger partial charge < -0.3 is 10.0 Å². The lowest BCUT2D eigenvalue weighted by Crippen LogP contribution is -2.32. The van der Waals surface area contributed by atoms with Crippen LogP contribution in [0, 0.1) is 5.92 Å². The predicted molar refractivity (Wildman–Crippen MR) is 41.9 cm³/mol. The van der Waals surface area contributed by atoms with Gasteiger partial charge in [0.05, 0.1) is 0 Å². The molecule has 0 aromatic heterocycles. The molecule has 10 heavy (non-hydrogen) atoms. The number of hydrogen-bond donors (Lipinski definition) is 1. The zero-order chi connectivity index (χ0) is 7.56. The fourth-order valence-corrected chi connectivity index (χ4v) is 1.91. The van der Waals surface area contributed by atoms with Crippen molar-refractivity contribution in [3.05, 3.63) is 0 Å². The number of nitrogens with zero attached hydrogens (tertiary/aromatic N) is 1. The first-order valence-corrected chi connectivity index (χ1v) is 4.03. The highest BCUT2D eigenvalue weighted by Gasteiger charge is 2.27. The van der Waals surface area contributed by atoms with Gasteiger partial charge in [0.25, 0.3) is 0 Å². The van der Waals surface area contributed by atoms with Crippen LogP contribution in [0.3, 0.4) is 0 Å². The number of hydrogen-bond acceptors (Lipinski definition) is 2. The van der Waals surface area contributed by atoms with Crippen molar-refractivity contribution in [2.24, 2.45) is 5.92 Å². The summed E-state index contributed by atoms with van der Waals surface area (Å²) < 4.78 is 0. The highest BCUT2D eigenvalue weighted by atomic mass is 16.3. The fourth-order valence-electron chi connectivity index (χ4n) is 1.91. The summed E-state index contributed by atoms with van der Waals surface area (Å²) in [4.78, 5) is 2.23. The predicted octanol–water partition coefficient (Wildman–Crippen LogP) is 0.709. The fraction of sp³-hybridized carbons (Fsp3) is 1.00. The summed E-state index contributed by atoms with van der Waals surface area (Å²) in [7, 11) is 4.19. The summed E-state index contributed by atoms with van der Waals surface area (Å²) >= 11 is 0. The molecule has 2 atom stereocenters. The molecule has 1 saturated carbocycles. The van der Waals surface area contributed by atoms with Crippen LogP contribution in [0.1, 0.15) is 19.3 Å². The number of rotatable bonds is 2. The Morgan fingerprint density at radius 1 is 1.40 bits per heavy atom. The Hall–Kier alpha value is -0.0800. The molecule has 0 spiro atoms. The molecular formula is C8H17NO. The van der Waals surface area contributed by atoms with Crippen LogP contribution in [0.5, 0.6) is 0 Å². The van der Waals surface area contributed by atoms with Crippen LogP contribution in [0.2, 0.25) is 0 Å². The molecule has 1 aliphatic carbocycles. The lowest BCUT2D eigenvalue weighted by molar-refractivity contribution is 0.156. The van der Waals surface area contributed by atoms with E-state index in [2.05, 4.69) is 19.0 Å². The zero-order valence-corrected chi connectivity index (χ0v) is 6.88. The molecule has 0 amide bonds. The number of aliphatic hydroxyl groups excluding tert-OH is 1. The van der Waals surface area contributed by atoms with Crippen molar-refractivity contribution in [2.75, 3.05) is 20.7 Å². The minimum Gasteiger partial charge on any atom is -0.396 e. The SMILES string of the molecule is CN(C)[C@@H]1CCC[C@@H]1CO. The van der Waals surface area contributed by atoms with Gasteiger partial charge >= 0.3 is 0 Å². The van der Waals surface area contributed by atoms with Crippen molar-refractivity contribution >= 4 is 0 Å². The van der Waals surface area contributed by atoms with Crippen molar-refractivity contribution in [3.8, 4) is 0 Å². The van der Waals surface area contributed by atoms with Gasteiger partial charge in [-0.2, -0.15) is 0 Å². The molecule has 0 heterocycles. The Bertz CT molecular complexity index is 103. The van der Waals surface area contributed by atoms with E-state index >= 15 is 0 Å². The van der Waals surface area contributed by atoms with Crippen LogP contribution in [0.15, 0.2) is 0 Å². The average Bonchev–Trinajstić information content (AvgIpc) is 2.33.